The zero-order chi connectivity index (χ0) is 29.1. The molecular formula is C29H35NO9S. The number of carbonyl (C=O) groups excluding carboxylic acids is 3. The molecule has 0 radical (unpaired) electrons. The summed E-state index contributed by atoms with van der Waals surface area (Å²) in [7, 11) is 0. The Labute approximate surface area is 238 Å². The molecule has 216 valence electrons. The third-order valence-corrected chi connectivity index (χ3v) is 6.51. The average molecular weight is 574 g/mol. The molecule has 0 saturated carbocycles. The molecule has 1 aliphatic rings. The van der Waals surface area contributed by atoms with Crippen LogP contribution in [0, 0.1) is 5.41 Å². The smallest absolute Gasteiger partial charge is 0.338 e. The number of hydrogen-bond donors (Lipinski definition) is 1. The highest BCUT2D eigenvalue weighted by atomic mass is 32.2. The Morgan fingerprint density at radius 1 is 0.975 bits per heavy atom. The molecule has 0 spiro atoms. The van der Waals surface area contributed by atoms with Gasteiger partial charge >= 0.3 is 11.9 Å². The van der Waals surface area contributed by atoms with Crippen LogP contribution < -0.4 is 0 Å². The van der Waals surface area contributed by atoms with Gasteiger partial charge in [0.1, 0.15) is 24.5 Å². The number of epoxide rings is 1. The van der Waals surface area contributed by atoms with Gasteiger partial charge in [0.15, 0.2) is 0 Å². The number of Topliss-reactive ketones (excluding diaryl/α,β-unsaturated/α-hetero) is 1. The Balaban J connectivity index is 1.39. The second-order valence-electron chi connectivity index (χ2n) is 10.1. The van der Waals surface area contributed by atoms with Crippen LogP contribution in [0.25, 0.3) is 0 Å². The van der Waals surface area contributed by atoms with E-state index in [1.807, 2.05) is 13.8 Å². The number of ether oxygens (including phenoxy) is 4. The molecule has 1 saturated heterocycles. The number of esters is 1. The molecule has 11 heteroatoms. The van der Waals surface area contributed by atoms with Crippen molar-refractivity contribution < 1.29 is 43.3 Å². The van der Waals surface area contributed by atoms with Gasteiger partial charge in [0.2, 0.25) is 5.78 Å². The first-order valence-corrected chi connectivity index (χ1v) is 13.6. The van der Waals surface area contributed by atoms with E-state index in [-0.39, 0.29) is 36.2 Å². The predicted octanol–water partition coefficient (Wildman–Crippen LogP) is 3.94. The highest BCUT2D eigenvalue weighted by molar-refractivity contribution is 7.99. The molecular weight excluding hydrogens is 538 g/mol. The molecule has 2 aromatic carbocycles. The summed E-state index contributed by atoms with van der Waals surface area (Å²) in [6, 6.07) is 13.8. The highest BCUT2D eigenvalue weighted by Crippen LogP contribution is 2.28. The Bertz CT molecular complexity index is 1170. The van der Waals surface area contributed by atoms with Crippen molar-refractivity contribution in [2.24, 2.45) is 10.6 Å². The number of benzene rings is 2. The first-order valence-electron chi connectivity index (χ1n) is 12.8. The van der Waals surface area contributed by atoms with Gasteiger partial charge < -0.3 is 28.9 Å². The summed E-state index contributed by atoms with van der Waals surface area (Å²) in [6.07, 6.45) is -0.728. The van der Waals surface area contributed by atoms with Gasteiger partial charge in [-0.2, -0.15) is 0 Å². The molecule has 0 aliphatic carbocycles. The fraction of sp³-hybridized carbons (Fsp3) is 0.448. The van der Waals surface area contributed by atoms with E-state index in [0.29, 0.717) is 30.9 Å². The molecule has 0 bridgehead atoms. The number of carbonyl (C=O) groups is 3. The maximum Gasteiger partial charge on any atom is 0.338 e. The first kappa shape index (κ1) is 31.4. The first-order chi connectivity index (χ1) is 19.0. The number of oxime groups is 1. The van der Waals surface area contributed by atoms with Crippen molar-refractivity contribution in [2.75, 3.05) is 39.6 Å². The normalized spacial score (nSPS) is 15.8. The summed E-state index contributed by atoms with van der Waals surface area (Å²) >= 11 is 1.45. The third-order valence-electron chi connectivity index (χ3n) is 5.49. The minimum absolute atomic E-state index is 0.0426. The topological polar surface area (TPSA) is 133 Å². The van der Waals surface area contributed by atoms with Gasteiger partial charge in [-0.1, -0.05) is 30.8 Å². The molecule has 2 aromatic rings. The van der Waals surface area contributed by atoms with Gasteiger partial charge in [-0.25, -0.2) is 9.59 Å². The van der Waals surface area contributed by atoms with E-state index >= 15 is 0 Å². The zero-order valence-electron chi connectivity index (χ0n) is 23.1. The number of aliphatic hydroxyl groups excluding tert-OH is 1. The van der Waals surface area contributed by atoms with E-state index in [1.54, 1.807) is 48.5 Å². The van der Waals surface area contributed by atoms with E-state index in [9.17, 15) is 19.5 Å². The lowest BCUT2D eigenvalue weighted by molar-refractivity contribution is -0.140. The minimum atomic E-state index is -0.943. The van der Waals surface area contributed by atoms with E-state index in [1.165, 1.54) is 25.6 Å². The Morgan fingerprint density at radius 3 is 2.12 bits per heavy atom. The summed E-state index contributed by atoms with van der Waals surface area (Å²) in [5, 5.41) is 13.7. The van der Waals surface area contributed by atoms with E-state index in [0.717, 1.165) is 16.4 Å². The molecule has 1 heterocycles. The van der Waals surface area contributed by atoms with E-state index in [4.69, 9.17) is 18.9 Å². The number of aliphatic hydroxyl groups is 1. The molecule has 1 fully saturated rings. The van der Waals surface area contributed by atoms with Gasteiger partial charge in [0.05, 0.1) is 38.6 Å². The maximum absolute atomic E-state index is 12.4. The monoisotopic (exact) mass is 573 g/mol. The second kappa shape index (κ2) is 15.1. The molecule has 10 nitrogen and oxygen atoms in total. The number of nitrogens with zero attached hydrogens (tertiary/aromatic N) is 1. The summed E-state index contributed by atoms with van der Waals surface area (Å²) in [5.41, 5.74) is 0.632. The Kier molecular flexibility index (Phi) is 11.8. The van der Waals surface area contributed by atoms with Crippen LogP contribution in [0.3, 0.4) is 0 Å². The van der Waals surface area contributed by atoms with Crippen LogP contribution in [-0.4, -0.2) is 80.4 Å². The fourth-order valence-electron chi connectivity index (χ4n) is 3.30. The van der Waals surface area contributed by atoms with Crippen molar-refractivity contribution in [1.29, 1.82) is 0 Å². The fourth-order valence-corrected chi connectivity index (χ4v) is 4.12. The van der Waals surface area contributed by atoms with Gasteiger partial charge in [-0.15, -0.1) is 0 Å². The van der Waals surface area contributed by atoms with Gasteiger partial charge in [0, 0.05) is 27.7 Å². The van der Waals surface area contributed by atoms with Crippen LogP contribution in [0.1, 0.15) is 48.4 Å². The lowest BCUT2D eigenvalue weighted by atomic mass is 9.96. The van der Waals surface area contributed by atoms with Crippen molar-refractivity contribution in [2.45, 2.75) is 49.7 Å². The van der Waals surface area contributed by atoms with Gasteiger partial charge in [0.25, 0.3) is 0 Å². The Hall–Kier alpha value is -3.09. The van der Waals surface area contributed by atoms with Gasteiger partial charge in [-0.3, -0.25) is 4.79 Å². The Morgan fingerprint density at radius 2 is 1.55 bits per heavy atom. The van der Waals surface area contributed by atoms with Crippen LogP contribution in [0.2, 0.25) is 0 Å². The molecule has 2 atom stereocenters. The van der Waals surface area contributed by atoms with Crippen LogP contribution in [0.5, 0.6) is 0 Å². The van der Waals surface area contributed by atoms with Crippen molar-refractivity contribution in [3.8, 4) is 0 Å². The zero-order valence-corrected chi connectivity index (χ0v) is 23.9. The third kappa shape index (κ3) is 11.2. The second-order valence-corrected chi connectivity index (χ2v) is 11.3. The summed E-state index contributed by atoms with van der Waals surface area (Å²) in [4.78, 5) is 41.9. The van der Waals surface area contributed by atoms with Crippen molar-refractivity contribution in [3.05, 3.63) is 59.7 Å². The number of hydrogen-bond acceptors (Lipinski definition) is 11. The molecule has 0 amide bonds. The average Bonchev–Trinajstić information content (AvgIpc) is 3.75. The quantitative estimate of drug-likeness (QED) is 0.0786. The predicted molar refractivity (Wildman–Crippen MR) is 148 cm³/mol. The van der Waals surface area contributed by atoms with Crippen LogP contribution in [0.15, 0.2) is 63.5 Å². The lowest BCUT2D eigenvalue weighted by Gasteiger charge is -2.24. The van der Waals surface area contributed by atoms with Crippen molar-refractivity contribution >= 4 is 35.2 Å². The molecule has 3 rings (SSSR count). The van der Waals surface area contributed by atoms with Gasteiger partial charge in [-0.05, 0) is 55.5 Å². The van der Waals surface area contributed by atoms with Crippen LogP contribution in [-0.2, 0) is 28.6 Å². The number of ketones is 1. The lowest BCUT2D eigenvalue weighted by Crippen LogP contribution is -2.30. The SMILES string of the molecule is CC(=O)O/N=C(\C)C(=O)c1ccc(Sc2ccc(C(=O)OCC(O)COCC(C)(C)COCC3CO3)cc2)cc1. The minimum Gasteiger partial charge on any atom is -0.459 e. The van der Waals surface area contributed by atoms with E-state index in [2.05, 4.69) is 9.99 Å². The largest absolute Gasteiger partial charge is 0.459 e. The molecule has 1 aliphatic heterocycles. The molecule has 0 aromatic heterocycles. The highest BCUT2D eigenvalue weighted by Gasteiger charge is 2.25. The number of rotatable bonds is 16. The molecule has 2 unspecified atom stereocenters. The molecule has 1 N–H and O–H groups in total. The summed E-state index contributed by atoms with van der Waals surface area (Å²) in [6.45, 7) is 8.81. The van der Waals surface area contributed by atoms with Crippen LogP contribution in [0.4, 0.5) is 0 Å². The van der Waals surface area contributed by atoms with Crippen LogP contribution >= 0.6 is 11.8 Å². The molecule has 40 heavy (non-hydrogen) atoms. The van der Waals surface area contributed by atoms with Crippen molar-refractivity contribution in [1.82, 2.24) is 0 Å². The standard InChI is InChI=1S/C29H35NO9S/c1-19(30-39-20(2)31)27(33)21-5-9-25(10-6-21)40-26-11-7-22(8-12-26)28(34)38-14-23(32)13-35-17-29(3,4)18-36-15-24-16-37-24/h5-12,23-24,32H,13-18H2,1-4H3/b30-19+. The maximum atomic E-state index is 12.4. The van der Waals surface area contributed by atoms with Crippen molar-refractivity contribution in [3.63, 3.8) is 0 Å². The summed E-state index contributed by atoms with van der Waals surface area (Å²) < 4.78 is 21.6. The van der Waals surface area contributed by atoms with E-state index < -0.39 is 18.0 Å². The summed E-state index contributed by atoms with van der Waals surface area (Å²) in [5.74, 6) is -1.48.